The van der Waals surface area contributed by atoms with E-state index in [0.717, 1.165) is 0 Å². The van der Waals surface area contributed by atoms with Crippen LogP contribution in [0.25, 0.3) is 0 Å². The van der Waals surface area contributed by atoms with E-state index in [-0.39, 0.29) is 0 Å². The first-order chi connectivity index (χ1) is 8.13. The van der Waals surface area contributed by atoms with Crippen LogP contribution < -0.4 is 0 Å². The van der Waals surface area contributed by atoms with Gasteiger partial charge in [-0.1, -0.05) is 0 Å². The Morgan fingerprint density at radius 3 is 2.41 bits per heavy atom. The van der Waals surface area contributed by atoms with Gasteiger partial charge in [0.2, 0.25) is 0 Å². The van der Waals surface area contributed by atoms with Crippen LogP contribution in [0.5, 0.6) is 0 Å². The molecule has 0 spiro atoms. The molecule has 0 bridgehead atoms. The zero-order chi connectivity index (χ0) is 12.4. The first-order valence-corrected chi connectivity index (χ1v) is 5.39. The monoisotopic (exact) mass is 244 g/mol. The van der Waals surface area contributed by atoms with Gasteiger partial charge in [0, 0.05) is 12.4 Å². The number of rotatable bonds is 3. The van der Waals surface area contributed by atoms with Crippen molar-refractivity contribution in [1.82, 2.24) is 9.55 Å². The predicted molar refractivity (Wildman–Crippen MR) is 56.0 cm³/mol. The van der Waals surface area contributed by atoms with Gasteiger partial charge in [0.15, 0.2) is 0 Å². The van der Waals surface area contributed by atoms with Crippen LogP contribution in [0.1, 0.15) is 0 Å². The number of imidazole rings is 1. The van der Waals surface area contributed by atoms with Crippen molar-refractivity contribution in [2.45, 2.75) is 37.1 Å². The molecule has 2 heterocycles. The first-order valence-electron chi connectivity index (χ1n) is 5.39. The summed E-state index contributed by atoms with van der Waals surface area (Å²) in [5.41, 5.74) is 0. The summed E-state index contributed by atoms with van der Waals surface area (Å²) < 4.78 is 7.03. The molecule has 0 aliphatic carbocycles. The van der Waals surface area contributed by atoms with Crippen molar-refractivity contribution in [2.24, 2.45) is 0 Å². The predicted octanol–water partition coefficient (Wildman–Crippen LogP) is -2.27. The Morgan fingerprint density at radius 2 is 1.82 bits per heavy atom. The second kappa shape index (κ2) is 5.11. The molecule has 1 aliphatic rings. The highest BCUT2D eigenvalue weighted by atomic mass is 16.5. The van der Waals surface area contributed by atoms with Gasteiger partial charge in [-0.25, -0.2) is 4.98 Å². The molecular weight excluding hydrogens is 228 g/mol. The van der Waals surface area contributed by atoms with Crippen molar-refractivity contribution in [3.8, 4) is 0 Å². The molecule has 1 saturated heterocycles. The molecular formula is C10H16N2O5. The fraction of sp³-hybridized carbons (Fsp3) is 0.700. The van der Waals surface area contributed by atoms with E-state index in [1.54, 1.807) is 23.3 Å². The van der Waals surface area contributed by atoms with Gasteiger partial charge in [0.05, 0.1) is 19.5 Å². The Morgan fingerprint density at radius 1 is 1.12 bits per heavy atom. The summed E-state index contributed by atoms with van der Waals surface area (Å²) in [6, 6.07) is 0. The highest BCUT2D eigenvalue weighted by Crippen LogP contribution is 2.22. The number of ether oxygens (including phenoxy) is 1. The van der Waals surface area contributed by atoms with Crippen LogP contribution in [-0.4, -0.2) is 67.1 Å². The molecule has 17 heavy (non-hydrogen) atoms. The van der Waals surface area contributed by atoms with Crippen LogP contribution in [-0.2, 0) is 11.3 Å². The van der Waals surface area contributed by atoms with Crippen molar-refractivity contribution in [3.63, 3.8) is 0 Å². The van der Waals surface area contributed by atoms with Crippen molar-refractivity contribution in [2.75, 3.05) is 6.61 Å². The smallest absolute Gasteiger partial charge is 0.111 e. The number of aliphatic hydroxyl groups is 4. The van der Waals surface area contributed by atoms with E-state index in [2.05, 4.69) is 4.98 Å². The summed E-state index contributed by atoms with van der Waals surface area (Å²) in [4.78, 5) is 3.85. The molecule has 4 N–H and O–H groups in total. The molecule has 5 atom stereocenters. The lowest BCUT2D eigenvalue weighted by Gasteiger charge is -2.40. The van der Waals surface area contributed by atoms with Crippen molar-refractivity contribution >= 4 is 0 Å². The molecule has 7 heteroatoms. The maximum atomic E-state index is 9.77. The minimum atomic E-state index is -1.32. The standard InChI is InChI=1S/C10H16N2O5/c13-4-7-9(15)10(16)8(14)6(17-7)3-12-2-1-11-5-12/h1-2,5-10,13-16H,3-4H2/t6-,7+,8-,9-,10+/m0/s1. The third-order valence-corrected chi connectivity index (χ3v) is 2.94. The molecule has 1 fully saturated rings. The summed E-state index contributed by atoms with van der Waals surface area (Å²) in [5, 5.41) is 38.0. The number of hydrogen-bond acceptors (Lipinski definition) is 6. The van der Waals surface area contributed by atoms with Gasteiger partial charge >= 0.3 is 0 Å². The summed E-state index contributed by atoms with van der Waals surface area (Å²) in [7, 11) is 0. The maximum Gasteiger partial charge on any atom is 0.111 e. The third-order valence-electron chi connectivity index (χ3n) is 2.94. The summed E-state index contributed by atoms with van der Waals surface area (Å²) in [6.07, 6.45) is -0.548. The normalized spacial score (nSPS) is 38.2. The number of hydrogen-bond donors (Lipinski definition) is 4. The lowest BCUT2D eigenvalue weighted by atomic mass is 9.95. The average Bonchev–Trinajstić information content (AvgIpc) is 2.83. The summed E-state index contributed by atoms with van der Waals surface area (Å²) in [5.74, 6) is 0. The van der Waals surface area contributed by atoms with Crippen molar-refractivity contribution < 1.29 is 25.2 Å². The number of nitrogens with zero attached hydrogens (tertiary/aromatic N) is 2. The van der Waals surface area contributed by atoms with Crippen LogP contribution in [0.4, 0.5) is 0 Å². The second-order valence-corrected chi connectivity index (χ2v) is 4.13. The van der Waals surface area contributed by atoms with Crippen LogP contribution in [0.3, 0.4) is 0 Å². The molecule has 0 amide bonds. The van der Waals surface area contributed by atoms with E-state index in [4.69, 9.17) is 9.84 Å². The molecule has 0 unspecified atom stereocenters. The first kappa shape index (κ1) is 12.5. The Bertz CT molecular complexity index is 342. The lowest BCUT2D eigenvalue weighted by molar-refractivity contribution is -0.231. The van der Waals surface area contributed by atoms with E-state index in [9.17, 15) is 15.3 Å². The second-order valence-electron chi connectivity index (χ2n) is 4.13. The fourth-order valence-corrected chi connectivity index (χ4v) is 1.93. The summed E-state index contributed by atoms with van der Waals surface area (Å²) >= 11 is 0. The Kier molecular flexibility index (Phi) is 3.75. The van der Waals surface area contributed by atoms with Gasteiger partial charge in [-0.05, 0) is 0 Å². The third kappa shape index (κ3) is 2.48. The van der Waals surface area contributed by atoms with Crippen LogP contribution in [0, 0.1) is 0 Å². The van der Waals surface area contributed by atoms with Crippen LogP contribution in [0.15, 0.2) is 18.7 Å². The van der Waals surface area contributed by atoms with Gasteiger partial charge in [-0.3, -0.25) is 0 Å². The van der Waals surface area contributed by atoms with Crippen molar-refractivity contribution in [3.05, 3.63) is 18.7 Å². The van der Waals surface area contributed by atoms with Gasteiger partial charge in [-0.15, -0.1) is 0 Å². The van der Waals surface area contributed by atoms with E-state index in [0.29, 0.717) is 6.54 Å². The number of aliphatic hydroxyl groups excluding tert-OH is 4. The van der Waals surface area contributed by atoms with Gasteiger partial charge in [-0.2, -0.15) is 0 Å². The Hall–Kier alpha value is -0.990. The van der Waals surface area contributed by atoms with Gasteiger partial charge < -0.3 is 29.7 Å². The Balaban J connectivity index is 2.06. The van der Waals surface area contributed by atoms with E-state index in [1.165, 1.54) is 0 Å². The maximum absolute atomic E-state index is 9.77. The average molecular weight is 244 g/mol. The highest BCUT2D eigenvalue weighted by molar-refractivity contribution is 4.92. The SMILES string of the molecule is OC[C@H]1O[C@@H](Cn2ccnc2)[C@H](O)[C@@H](O)[C@H]1O. The topological polar surface area (TPSA) is 108 Å². The zero-order valence-electron chi connectivity index (χ0n) is 9.12. The molecule has 1 aromatic heterocycles. The quantitative estimate of drug-likeness (QED) is 0.477. The largest absolute Gasteiger partial charge is 0.394 e. The van der Waals surface area contributed by atoms with E-state index in [1.807, 2.05) is 0 Å². The fourth-order valence-electron chi connectivity index (χ4n) is 1.93. The molecule has 96 valence electrons. The molecule has 1 aromatic rings. The molecule has 0 radical (unpaired) electrons. The molecule has 0 aromatic carbocycles. The zero-order valence-corrected chi connectivity index (χ0v) is 9.12. The molecule has 2 rings (SSSR count). The Labute approximate surface area is 97.9 Å². The number of aromatic nitrogens is 2. The minimum absolute atomic E-state index is 0.293. The van der Waals surface area contributed by atoms with Crippen molar-refractivity contribution in [1.29, 1.82) is 0 Å². The molecule has 7 nitrogen and oxygen atoms in total. The van der Waals surface area contributed by atoms with E-state index >= 15 is 0 Å². The van der Waals surface area contributed by atoms with Crippen LogP contribution >= 0.6 is 0 Å². The highest BCUT2D eigenvalue weighted by Gasteiger charge is 2.43. The summed E-state index contributed by atoms with van der Waals surface area (Å²) in [6.45, 7) is -0.118. The molecule has 0 saturated carbocycles. The van der Waals surface area contributed by atoms with E-state index < -0.39 is 37.1 Å². The van der Waals surface area contributed by atoms with Crippen LogP contribution in [0.2, 0.25) is 0 Å². The minimum Gasteiger partial charge on any atom is -0.394 e. The molecule has 1 aliphatic heterocycles. The van der Waals surface area contributed by atoms with Gasteiger partial charge in [0.25, 0.3) is 0 Å². The lowest BCUT2D eigenvalue weighted by Crippen LogP contribution is -2.59. The van der Waals surface area contributed by atoms with Gasteiger partial charge in [0.1, 0.15) is 30.5 Å².